The van der Waals surface area contributed by atoms with E-state index in [1.54, 1.807) is 24.3 Å². The third-order valence-corrected chi connectivity index (χ3v) is 6.39. The Bertz CT molecular complexity index is 1310. The molecule has 3 aromatic rings. The SMILES string of the molecule is COc1ccccc1N1C(=O)/C(=C/c2ccc(N3CCCC3)c3ccccc23)C(=O)NC1=S. The first-order valence-corrected chi connectivity index (χ1v) is 11.3. The van der Waals surface area contributed by atoms with E-state index in [4.69, 9.17) is 17.0 Å². The Labute approximate surface area is 197 Å². The second-order valence-electron chi connectivity index (χ2n) is 8.04. The Hall–Kier alpha value is -3.71. The van der Waals surface area contributed by atoms with Crippen LogP contribution in [-0.4, -0.2) is 37.1 Å². The van der Waals surface area contributed by atoms with E-state index < -0.39 is 11.8 Å². The molecule has 0 aromatic heterocycles. The molecule has 5 rings (SSSR count). The Morgan fingerprint density at radius 3 is 2.36 bits per heavy atom. The minimum absolute atomic E-state index is 0.0218. The smallest absolute Gasteiger partial charge is 0.270 e. The first-order valence-electron chi connectivity index (χ1n) is 10.9. The van der Waals surface area contributed by atoms with E-state index in [2.05, 4.69) is 22.3 Å². The standard InChI is InChI=1S/C26H23N3O3S/c1-32-23-11-5-4-10-22(23)29-25(31)20(24(30)27-26(29)33)16-17-12-13-21(28-14-6-7-15-28)19-9-3-2-8-18(17)19/h2-5,8-13,16H,6-7,14-15H2,1H3,(H,27,30,33)/b20-16+. The highest BCUT2D eigenvalue weighted by Gasteiger charge is 2.36. The van der Waals surface area contributed by atoms with Crippen LogP contribution in [0.3, 0.4) is 0 Å². The topological polar surface area (TPSA) is 61.9 Å². The van der Waals surface area contributed by atoms with E-state index in [-0.39, 0.29) is 10.7 Å². The second kappa shape index (κ2) is 8.67. The van der Waals surface area contributed by atoms with Gasteiger partial charge in [-0.3, -0.25) is 14.9 Å². The van der Waals surface area contributed by atoms with E-state index in [1.807, 2.05) is 30.3 Å². The van der Waals surface area contributed by atoms with Crippen LogP contribution >= 0.6 is 12.2 Å². The highest BCUT2D eigenvalue weighted by molar-refractivity contribution is 7.80. The summed E-state index contributed by atoms with van der Waals surface area (Å²) in [6, 6.07) is 19.2. The predicted octanol–water partition coefficient (Wildman–Crippen LogP) is 4.28. The monoisotopic (exact) mass is 457 g/mol. The molecule has 2 aliphatic rings. The van der Waals surface area contributed by atoms with Gasteiger partial charge in [-0.2, -0.15) is 0 Å². The third kappa shape index (κ3) is 3.74. The highest BCUT2D eigenvalue weighted by atomic mass is 32.1. The summed E-state index contributed by atoms with van der Waals surface area (Å²) in [4.78, 5) is 30.0. The van der Waals surface area contributed by atoms with Crippen LogP contribution in [0.2, 0.25) is 0 Å². The van der Waals surface area contributed by atoms with Crippen molar-refractivity contribution in [3.63, 3.8) is 0 Å². The number of carbonyl (C=O) groups is 2. The van der Waals surface area contributed by atoms with Crippen LogP contribution in [0.4, 0.5) is 11.4 Å². The zero-order valence-corrected chi connectivity index (χ0v) is 19.0. The van der Waals surface area contributed by atoms with Crippen LogP contribution < -0.4 is 19.9 Å². The van der Waals surface area contributed by atoms with Crippen LogP contribution in [-0.2, 0) is 9.59 Å². The molecule has 0 aliphatic carbocycles. The number of nitrogens with zero attached hydrogens (tertiary/aromatic N) is 2. The van der Waals surface area contributed by atoms with Crippen molar-refractivity contribution in [3.8, 4) is 5.75 Å². The maximum Gasteiger partial charge on any atom is 0.270 e. The summed E-state index contributed by atoms with van der Waals surface area (Å²) in [6.07, 6.45) is 4.03. The first-order chi connectivity index (χ1) is 16.1. The summed E-state index contributed by atoms with van der Waals surface area (Å²) < 4.78 is 5.40. The number of hydrogen-bond acceptors (Lipinski definition) is 5. The number of amides is 2. The molecule has 0 bridgehead atoms. The zero-order chi connectivity index (χ0) is 22.9. The number of thiocarbonyl (C=S) groups is 1. The molecule has 2 amide bonds. The van der Waals surface area contributed by atoms with E-state index >= 15 is 0 Å². The van der Waals surface area contributed by atoms with Gasteiger partial charge >= 0.3 is 0 Å². The molecule has 2 heterocycles. The van der Waals surface area contributed by atoms with Crippen molar-refractivity contribution in [2.45, 2.75) is 12.8 Å². The van der Waals surface area contributed by atoms with Gasteiger partial charge in [0, 0.05) is 24.2 Å². The van der Waals surface area contributed by atoms with Crippen molar-refractivity contribution in [1.82, 2.24) is 5.32 Å². The number of nitrogens with one attached hydrogen (secondary N) is 1. The maximum absolute atomic E-state index is 13.5. The fourth-order valence-corrected chi connectivity index (χ4v) is 4.79. The van der Waals surface area contributed by atoms with Gasteiger partial charge in [-0.05, 0) is 60.3 Å². The lowest BCUT2D eigenvalue weighted by Gasteiger charge is -2.30. The van der Waals surface area contributed by atoms with Crippen molar-refractivity contribution in [1.29, 1.82) is 0 Å². The summed E-state index contributed by atoms with van der Waals surface area (Å²) in [7, 11) is 1.53. The van der Waals surface area contributed by atoms with Crippen LogP contribution in [0.15, 0.2) is 66.2 Å². The van der Waals surface area contributed by atoms with Crippen LogP contribution in [0, 0.1) is 0 Å². The number of anilines is 2. The fourth-order valence-electron chi connectivity index (χ4n) is 4.51. The average Bonchev–Trinajstić information content (AvgIpc) is 3.36. The molecule has 6 nitrogen and oxygen atoms in total. The molecule has 0 radical (unpaired) electrons. The van der Waals surface area contributed by atoms with E-state index in [0.29, 0.717) is 11.4 Å². The van der Waals surface area contributed by atoms with Crippen molar-refractivity contribution in [3.05, 3.63) is 71.8 Å². The van der Waals surface area contributed by atoms with E-state index in [0.717, 1.165) is 29.4 Å². The predicted molar refractivity (Wildman–Crippen MR) is 135 cm³/mol. The maximum atomic E-state index is 13.5. The molecule has 0 unspecified atom stereocenters. The minimum Gasteiger partial charge on any atom is -0.495 e. The number of benzene rings is 3. The summed E-state index contributed by atoms with van der Waals surface area (Å²) in [5, 5.41) is 4.78. The van der Waals surface area contributed by atoms with Gasteiger partial charge in [0.1, 0.15) is 11.3 Å². The van der Waals surface area contributed by atoms with E-state index in [9.17, 15) is 9.59 Å². The van der Waals surface area contributed by atoms with Crippen molar-refractivity contribution < 1.29 is 14.3 Å². The number of fused-ring (bicyclic) bond motifs is 1. The lowest BCUT2D eigenvalue weighted by atomic mass is 9.99. The van der Waals surface area contributed by atoms with Crippen molar-refractivity contribution >= 4 is 57.4 Å². The number of hydrogen-bond donors (Lipinski definition) is 1. The minimum atomic E-state index is -0.510. The van der Waals surface area contributed by atoms with Gasteiger partial charge in [0.15, 0.2) is 5.11 Å². The Balaban J connectivity index is 1.60. The Morgan fingerprint density at radius 1 is 0.909 bits per heavy atom. The van der Waals surface area contributed by atoms with Crippen molar-refractivity contribution in [2.75, 3.05) is 30.0 Å². The molecular weight excluding hydrogens is 434 g/mol. The molecule has 2 aliphatic heterocycles. The van der Waals surface area contributed by atoms with Crippen molar-refractivity contribution in [2.24, 2.45) is 0 Å². The molecule has 7 heteroatoms. The van der Waals surface area contributed by atoms with Crippen LogP contribution in [0.25, 0.3) is 16.8 Å². The quantitative estimate of drug-likeness (QED) is 0.360. The largest absolute Gasteiger partial charge is 0.495 e. The number of para-hydroxylation sites is 2. The summed E-state index contributed by atoms with van der Waals surface area (Å²) in [5.74, 6) is -0.506. The molecular formula is C26H23N3O3S. The summed E-state index contributed by atoms with van der Waals surface area (Å²) >= 11 is 5.33. The van der Waals surface area contributed by atoms with Gasteiger partial charge in [0.2, 0.25) is 0 Å². The number of ether oxygens (including phenoxy) is 1. The molecule has 3 aromatic carbocycles. The molecule has 0 spiro atoms. The average molecular weight is 458 g/mol. The van der Waals surface area contributed by atoms with Gasteiger partial charge in [-0.1, -0.05) is 42.5 Å². The van der Waals surface area contributed by atoms with Gasteiger partial charge in [0.05, 0.1) is 12.8 Å². The summed E-state index contributed by atoms with van der Waals surface area (Å²) in [6.45, 7) is 2.08. The lowest BCUT2D eigenvalue weighted by Crippen LogP contribution is -2.54. The highest BCUT2D eigenvalue weighted by Crippen LogP contribution is 2.34. The lowest BCUT2D eigenvalue weighted by molar-refractivity contribution is -0.122. The van der Waals surface area contributed by atoms with Gasteiger partial charge in [-0.25, -0.2) is 4.90 Å². The van der Waals surface area contributed by atoms with Gasteiger partial charge < -0.3 is 9.64 Å². The number of carbonyl (C=O) groups excluding carboxylic acids is 2. The molecule has 166 valence electrons. The molecule has 1 N–H and O–H groups in total. The first kappa shape index (κ1) is 21.2. The Kier molecular flexibility index (Phi) is 5.56. The zero-order valence-electron chi connectivity index (χ0n) is 18.2. The molecule has 2 saturated heterocycles. The Morgan fingerprint density at radius 2 is 1.61 bits per heavy atom. The second-order valence-corrected chi connectivity index (χ2v) is 8.43. The summed E-state index contributed by atoms with van der Waals surface area (Å²) in [5.41, 5.74) is 2.49. The van der Waals surface area contributed by atoms with E-state index in [1.165, 1.54) is 30.5 Å². The number of rotatable bonds is 4. The molecule has 2 fully saturated rings. The molecule has 33 heavy (non-hydrogen) atoms. The third-order valence-electron chi connectivity index (χ3n) is 6.11. The molecule has 0 saturated carbocycles. The van der Waals surface area contributed by atoms with Crippen LogP contribution in [0.5, 0.6) is 5.75 Å². The van der Waals surface area contributed by atoms with Gasteiger partial charge in [-0.15, -0.1) is 0 Å². The number of methoxy groups -OCH3 is 1. The van der Waals surface area contributed by atoms with Crippen LogP contribution in [0.1, 0.15) is 18.4 Å². The fraction of sp³-hybridized carbons (Fsp3) is 0.192. The normalized spacial score (nSPS) is 17.7. The molecule has 0 atom stereocenters. The van der Waals surface area contributed by atoms with Gasteiger partial charge in [0.25, 0.3) is 11.8 Å².